The fourth-order valence-electron chi connectivity index (χ4n) is 4.55. The third-order valence-electron chi connectivity index (χ3n) is 6.33. The molecule has 0 bridgehead atoms. The molecule has 0 saturated heterocycles. The Labute approximate surface area is 227 Å². The summed E-state index contributed by atoms with van der Waals surface area (Å²) < 4.78 is 45.7. The van der Waals surface area contributed by atoms with Gasteiger partial charge in [0.15, 0.2) is 6.04 Å². The lowest BCUT2D eigenvalue weighted by atomic mass is 9.95. The standard InChI is InChI=1S/C28H29F2N3O5S/c29-19-11-13-22(14-12-19)31-25(34)17-39(37)18-26(35)33(23-9-4-6-20(30)16-23)27(24-10-5-15-38-24)28(36)32-21-7-2-1-3-8-21/h4-6,9-16,21,27H,1-3,7-8,17-18H2,(H,31,34)(H,32,36)/t27-,39+/m0/s1. The molecule has 1 heterocycles. The zero-order valence-corrected chi connectivity index (χ0v) is 21.9. The summed E-state index contributed by atoms with van der Waals surface area (Å²) in [5.41, 5.74) is 0.385. The molecular formula is C28H29F2N3O5S. The van der Waals surface area contributed by atoms with Gasteiger partial charge in [0.05, 0.1) is 6.26 Å². The number of hydrogen-bond acceptors (Lipinski definition) is 5. The van der Waals surface area contributed by atoms with Crippen LogP contribution in [-0.2, 0) is 25.2 Å². The molecule has 2 atom stereocenters. The molecule has 206 valence electrons. The molecule has 0 aliphatic heterocycles. The van der Waals surface area contributed by atoms with Gasteiger partial charge in [-0.3, -0.25) is 23.5 Å². The first-order valence-electron chi connectivity index (χ1n) is 12.6. The van der Waals surface area contributed by atoms with Crippen LogP contribution in [0.1, 0.15) is 43.9 Å². The second kappa shape index (κ2) is 13.3. The molecule has 2 aromatic carbocycles. The minimum Gasteiger partial charge on any atom is -0.467 e. The number of nitrogens with one attached hydrogen (secondary N) is 2. The van der Waals surface area contributed by atoms with E-state index in [1.807, 2.05) is 0 Å². The maximum Gasteiger partial charge on any atom is 0.251 e. The zero-order valence-electron chi connectivity index (χ0n) is 21.1. The van der Waals surface area contributed by atoms with Crippen molar-refractivity contribution in [3.8, 4) is 0 Å². The second-order valence-electron chi connectivity index (χ2n) is 9.29. The molecule has 1 aromatic heterocycles. The number of furan rings is 1. The van der Waals surface area contributed by atoms with Crippen molar-refractivity contribution < 1.29 is 31.8 Å². The smallest absolute Gasteiger partial charge is 0.251 e. The summed E-state index contributed by atoms with van der Waals surface area (Å²) in [5, 5.41) is 5.49. The van der Waals surface area contributed by atoms with Crippen LogP contribution in [0, 0.1) is 11.6 Å². The molecule has 1 aliphatic carbocycles. The monoisotopic (exact) mass is 557 g/mol. The van der Waals surface area contributed by atoms with Gasteiger partial charge in [0.1, 0.15) is 28.9 Å². The Morgan fingerprint density at radius 2 is 1.69 bits per heavy atom. The first-order chi connectivity index (χ1) is 18.8. The first kappa shape index (κ1) is 28.2. The van der Waals surface area contributed by atoms with E-state index in [1.54, 1.807) is 6.07 Å². The van der Waals surface area contributed by atoms with Crippen molar-refractivity contribution in [2.45, 2.75) is 44.2 Å². The molecular weight excluding hydrogens is 528 g/mol. The van der Waals surface area contributed by atoms with Crippen molar-refractivity contribution >= 4 is 39.9 Å². The van der Waals surface area contributed by atoms with Gasteiger partial charge in [0, 0.05) is 28.2 Å². The molecule has 1 aliphatic rings. The molecule has 3 amide bonds. The fraction of sp³-hybridized carbons (Fsp3) is 0.321. The van der Waals surface area contributed by atoms with Crippen molar-refractivity contribution in [1.82, 2.24) is 5.32 Å². The number of rotatable bonds is 10. The average molecular weight is 558 g/mol. The average Bonchev–Trinajstić information content (AvgIpc) is 3.43. The lowest BCUT2D eigenvalue weighted by Gasteiger charge is -2.32. The molecule has 0 unspecified atom stereocenters. The van der Waals surface area contributed by atoms with E-state index in [9.17, 15) is 27.4 Å². The summed E-state index contributed by atoms with van der Waals surface area (Å²) in [6.07, 6.45) is 6.00. The van der Waals surface area contributed by atoms with E-state index in [-0.39, 0.29) is 17.5 Å². The van der Waals surface area contributed by atoms with Crippen LogP contribution in [0.5, 0.6) is 0 Å². The minimum absolute atomic E-state index is 0.0718. The summed E-state index contributed by atoms with van der Waals surface area (Å²) in [6.45, 7) is 0. The number of hydrogen-bond donors (Lipinski definition) is 2. The molecule has 8 nitrogen and oxygen atoms in total. The second-order valence-corrected chi connectivity index (χ2v) is 10.7. The van der Waals surface area contributed by atoms with Crippen molar-refractivity contribution in [3.63, 3.8) is 0 Å². The first-order valence-corrected chi connectivity index (χ1v) is 14.1. The Morgan fingerprint density at radius 3 is 2.36 bits per heavy atom. The largest absolute Gasteiger partial charge is 0.467 e. The van der Waals surface area contributed by atoms with Crippen molar-refractivity contribution in [1.29, 1.82) is 0 Å². The van der Waals surface area contributed by atoms with Gasteiger partial charge in [-0.25, -0.2) is 8.78 Å². The van der Waals surface area contributed by atoms with E-state index >= 15 is 0 Å². The number of carbonyl (C=O) groups is 3. The predicted molar refractivity (Wildman–Crippen MR) is 143 cm³/mol. The molecule has 2 N–H and O–H groups in total. The number of halogens is 2. The summed E-state index contributed by atoms with van der Waals surface area (Å²) in [7, 11) is -1.97. The van der Waals surface area contributed by atoms with Gasteiger partial charge >= 0.3 is 0 Å². The number of nitrogens with zero attached hydrogens (tertiary/aromatic N) is 1. The van der Waals surface area contributed by atoms with Gasteiger partial charge in [0.2, 0.25) is 11.8 Å². The van der Waals surface area contributed by atoms with E-state index in [0.29, 0.717) is 5.69 Å². The van der Waals surface area contributed by atoms with Crippen LogP contribution in [0.4, 0.5) is 20.2 Å². The maximum absolute atomic E-state index is 14.2. The Morgan fingerprint density at radius 1 is 0.949 bits per heavy atom. The number of amides is 3. The van der Waals surface area contributed by atoms with Gasteiger partial charge in [0.25, 0.3) is 5.91 Å². The van der Waals surface area contributed by atoms with Gasteiger partial charge in [-0.15, -0.1) is 0 Å². The molecule has 0 radical (unpaired) electrons. The normalized spacial score (nSPS) is 15.2. The van der Waals surface area contributed by atoms with Gasteiger partial charge in [-0.1, -0.05) is 25.3 Å². The molecule has 11 heteroatoms. The molecule has 1 fully saturated rings. The number of anilines is 2. The lowest BCUT2D eigenvalue weighted by Crippen LogP contribution is -2.48. The number of benzene rings is 2. The Kier molecular flexibility index (Phi) is 9.59. The van der Waals surface area contributed by atoms with E-state index in [2.05, 4.69) is 10.6 Å². The van der Waals surface area contributed by atoms with Gasteiger partial charge < -0.3 is 15.1 Å². The highest BCUT2D eigenvalue weighted by atomic mass is 32.2. The quantitative estimate of drug-likeness (QED) is 0.383. The van der Waals surface area contributed by atoms with Crippen LogP contribution in [0.15, 0.2) is 71.3 Å². The van der Waals surface area contributed by atoms with Gasteiger partial charge in [-0.2, -0.15) is 0 Å². The highest BCUT2D eigenvalue weighted by Crippen LogP contribution is 2.30. The third kappa shape index (κ3) is 7.82. The van der Waals surface area contributed by atoms with Crippen LogP contribution in [-0.4, -0.2) is 39.5 Å². The molecule has 4 rings (SSSR count). The van der Waals surface area contributed by atoms with Crippen LogP contribution in [0.3, 0.4) is 0 Å². The number of carbonyl (C=O) groups excluding carboxylic acids is 3. The van der Waals surface area contributed by atoms with Crippen molar-refractivity contribution in [2.75, 3.05) is 21.7 Å². The Balaban J connectivity index is 1.55. The summed E-state index contributed by atoms with van der Waals surface area (Å²) >= 11 is 0. The minimum atomic E-state index is -1.97. The molecule has 39 heavy (non-hydrogen) atoms. The van der Waals surface area contributed by atoms with E-state index in [0.717, 1.165) is 43.1 Å². The summed E-state index contributed by atoms with van der Waals surface area (Å²) in [6, 6.07) is 12.0. The SMILES string of the molecule is O=C(C[S@@](=O)CC(=O)N(c1cccc(F)c1)[C@H](C(=O)NC1CCCCC1)c1ccco1)Nc1ccc(F)cc1. The van der Waals surface area contributed by atoms with E-state index in [4.69, 9.17) is 4.42 Å². The summed E-state index contributed by atoms with van der Waals surface area (Å²) in [4.78, 5) is 40.6. The zero-order chi connectivity index (χ0) is 27.8. The van der Waals surface area contributed by atoms with Crippen molar-refractivity contribution in [3.05, 3.63) is 84.3 Å². The van der Waals surface area contributed by atoms with E-state index < -0.39 is 57.7 Å². The topological polar surface area (TPSA) is 109 Å². The van der Waals surface area contributed by atoms with Gasteiger partial charge in [-0.05, 0) is 67.4 Å². The third-order valence-corrected chi connectivity index (χ3v) is 7.48. The highest BCUT2D eigenvalue weighted by Gasteiger charge is 2.36. The van der Waals surface area contributed by atoms with Crippen molar-refractivity contribution in [2.24, 2.45) is 0 Å². The Bertz CT molecular complexity index is 1310. The summed E-state index contributed by atoms with van der Waals surface area (Å²) in [5.74, 6) is -3.97. The highest BCUT2D eigenvalue weighted by molar-refractivity contribution is 7.86. The van der Waals surface area contributed by atoms with Crippen LogP contribution < -0.4 is 15.5 Å². The Hall–Kier alpha value is -3.86. The van der Waals surface area contributed by atoms with Crippen LogP contribution in [0.25, 0.3) is 0 Å². The maximum atomic E-state index is 14.2. The lowest BCUT2D eigenvalue weighted by molar-refractivity contribution is -0.127. The molecule has 1 saturated carbocycles. The molecule has 0 spiro atoms. The predicted octanol–water partition coefficient (Wildman–Crippen LogP) is 4.47. The fourth-order valence-corrected chi connectivity index (χ4v) is 5.43. The van der Waals surface area contributed by atoms with E-state index in [1.165, 1.54) is 54.8 Å². The molecule has 3 aromatic rings. The van der Waals surface area contributed by atoms with Crippen LogP contribution >= 0.6 is 0 Å². The van der Waals surface area contributed by atoms with Crippen LogP contribution in [0.2, 0.25) is 0 Å².